The molecule has 0 saturated carbocycles. The average molecular weight is 970 g/mol. The number of nitrogens with one attached hydrogen (secondary N) is 2. The van der Waals surface area contributed by atoms with E-state index in [-0.39, 0.29) is 65.7 Å². The Morgan fingerprint density at radius 2 is 1.49 bits per heavy atom. The maximum atomic E-state index is 13.6. The summed E-state index contributed by atoms with van der Waals surface area (Å²) in [7, 11) is -1.29. The van der Waals surface area contributed by atoms with E-state index in [1.807, 2.05) is 78.9 Å². The van der Waals surface area contributed by atoms with Crippen molar-refractivity contribution in [1.29, 1.82) is 5.26 Å². The monoisotopic (exact) mass is 969 g/mol. The summed E-state index contributed by atoms with van der Waals surface area (Å²) in [6.07, 6.45) is -1.92. The number of hydrogen-bond acceptors (Lipinski definition) is 13. The lowest BCUT2D eigenvalue weighted by molar-refractivity contribution is -0.118. The smallest absolute Gasteiger partial charge is 0.280 e. The zero-order valence-electron chi connectivity index (χ0n) is 41.6. The third kappa shape index (κ3) is 11.4. The van der Waals surface area contributed by atoms with Crippen molar-refractivity contribution in [3.63, 3.8) is 0 Å². The number of imidazole rings is 1. The molecular weight excluding hydrogens is 902 g/mol. The van der Waals surface area contributed by atoms with Crippen LogP contribution in [0.3, 0.4) is 0 Å². The maximum Gasteiger partial charge on any atom is 0.280 e. The fraction of sp³-hybridized carbons (Fsp3) is 0.500. The molecule has 1 amide bonds. The Hall–Kier alpha value is -5.02. The third-order valence-corrected chi connectivity index (χ3v) is 19.1. The van der Waals surface area contributed by atoms with E-state index in [4.69, 9.17) is 37.4 Å². The molecule has 2 N–H and O–H groups in total. The van der Waals surface area contributed by atoms with Crippen LogP contribution < -0.4 is 20.3 Å². The number of aromatic amines is 1. The number of methoxy groups -OCH3 is 2. The van der Waals surface area contributed by atoms with E-state index in [1.165, 1.54) is 6.33 Å². The van der Waals surface area contributed by atoms with Crippen LogP contribution in [0, 0.1) is 17.2 Å². The van der Waals surface area contributed by atoms with Gasteiger partial charge in [-0.3, -0.25) is 24.5 Å². The topological polar surface area (TPSA) is 184 Å². The molecule has 5 atom stereocenters. The van der Waals surface area contributed by atoms with Crippen LogP contribution in [-0.4, -0.2) is 96.2 Å². The van der Waals surface area contributed by atoms with E-state index in [0.29, 0.717) is 11.5 Å². The lowest BCUT2D eigenvalue weighted by Gasteiger charge is -2.43. The molecule has 3 unspecified atom stereocenters. The molecule has 0 bridgehead atoms. The van der Waals surface area contributed by atoms with Gasteiger partial charge in [0.1, 0.15) is 35.4 Å². The molecule has 1 fully saturated rings. The molecule has 5 aromatic rings. The van der Waals surface area contributed by atoms with Gasteiger partial charge < -0.3 is 32.4 Å². The molecule has 68 heavy (non-hydrogen) atoms. The molecule has 0 spiro atoms. The van der Waals surface area contributed by atoms with Crippen LogP contribution in [0.1, 0.15) is 91.7 Å². The number of ether oxygens (including phenoxy) is 4. The van der Waals surface area contributed by atoms with E-state index in [2.05, 4.69) is 87.6 Å². The maximum absolute atomic E-state index is 13.6. The van der Waals surface area contributed by atoms with Gasteiger partial charge in [-0.15, -0.1) is 0 Å². The molecule has 6 rings (SSSR count). The molecule has 1 saturated heterocycles. The van der Waals surface area contributed by atoms with Gasteiger partial charge >= 0.3 is 0 Å². The van der Waals surface area contributed by atoms with Crippen LogP contribution in [0.2, 0.25) is 18.1 Å². The third-order valence-electron chi connectivity index (χ3n) is 12.5. The minimum absolute atomic E-state index is 0.0234. The summed E-state index contributed by atoms with van der Waals surface area (Å²) in [4.78, 5) is 38.5. The van der Waals surface area contributed by atoms with Crippen LogP contribution in [-0.2, 0) is 33.3 Å². The molecule has 2 aromatic heterocycles. The van der Waals surface area contributed by atoms with Crippen molar-refractivity contribution in [2.24, 2.45) is 5.92 Å². The number of hydrogen-bond donors (Lipinski definition) is 2. The predicted octanol–water partition coefficient (Wildman–Crippen LogP) is 9.69. The predicted molar refractivity (Wildman–Crippen MR) is 266 cm³/mol. The number of amides is 1. The van der Waals surface area contributed by atoms with Crippen molar-refractivity contribution >= 4 is 39.9 Å². The molecule has 0 aliphatic carbocycles. The van der Waals surface area contributed by atoms with Crippen molar-refractivity contribution in [3.05, 3.63) is 112 Å². The molecular formula is C50H68N7O9PSi. The number of rotatable bonds is 21. The van der Waals surface area contributed by atoms with Crippen LogP contribution in [0.5, 0.6) is 11.5 Å². The molecule has 366 valence electrons. The van der Waals surface area contributed by atoms with E-state index < -0.39 is 52.5 Å². The number of aromatic nitrogens is 4. The quantitative estimate of drug-likeness (QED) is 0.0307. The van der Waals surface area contributed by atoms with Gasteiger partial charge in [-0.05, 0) is 86.8 Å². The average Bonchev–Trinajstić information content (AvgIpc) is 3.87. The minimum Gasteiger partial charge on any atom is -0.497 e. The zero-order chi connectivity index (χ0) is 49.6. The molecule has 3 heterocycles. The Morgan fingerprint density at radius 3 is 2.00 bits per heavy atom. The Kier molecular flexibility index (Phi) is 17.1. The zero-order valence-corrected chi connectivity index (χ0v) is 43.5. The van der Waals surface area contributed by atoms with E-state index in [0.717, 1.165) is 16.7 Å². The Bertz CT molecular complexity index is 2490. The normalized spacial score (nSPS) is 18.4. The summed E-state index contributed by atoms with van der Waals surface area (Å²) in [5.74, 6) is 0.636. The Morgan fingerprint density at radius 1 is 0.912 bits per heavy atom. The van der Waals surface area contributed by atoms with Gasteiger partial charge in [0.25, 0.3) is 14.1 Å². The first kappa shape index (κ1) is 52.4. The van der Waals surface area contributed by atoms with Gasteiger partial charge in [-0.25, -0.2) is 9.65 Å². The number of fused-ring (bicyclic) bond motifs is 1. The minimum atomic E-state index is -2.69. The summed E-state index contributed by atoms with van der Waals surface area (Å²) in [5.41, 5.74) is 0.967. The highest BCUT2D eigenvalue weighted by Gasteiger charge is 2.54. The van der Waals surface area contributed by atoms with Gasteiger partial charge in [-0.1, -0.05) is 89.2 Å². The van der Waals surface area contributed by atoms with Crippen LogP contribution in [0.15, 0.2) is 90.0 Å². The Balaban J connectivity index is 1.58. The number of nitrogens with zero attached hydrogens (tertiary/aromatic N) is 5. The lowest BCUT2D eigenvalue weighted by atomic mass is 9.80. The summed E-state index contributed by atoms with van der Waals surface area (Å²) in [6.45, 7) is 22.8. The second kappa shape index (κ2) is 22.2. The number of H-pyrrole nitrogens is 1. The number of nitriles is 1. The SMILES string of the molecule is COc1ccc(C(OC[C@H]2O[C@@H](n3cnc4c(=O)[nH]c(NC(=O)C(C)C)nc43)C(OP(OCCC#N)N(C(C)C)C(C)C)C2O[Si](C)(C)C(C)(C)C)(c2ccccc2)c2ccc(OC)cc2)cc1. The second-order valence-corrected chi connectivity index (χ2v) is 25.4. The van der Waals surface area contributed by atoms with E-state index in [1.54, 1.807) is 32.6 Å². The first-order valence-corrected chi connectivity index (χ1v) is 27.1. The molecule has 1 aliphatic heterocycles. The number of carbonyl (C=O) groups is 1. The highest BCUT2D eigenvalue weighted by molar-refractivity contribution is 7.44. The molecule has 16 nitrogen and oxygen atoms in total. The fourth-order valence-corrected chi connectivity index (χ4v) is 11.0. The highest BCUT2D eigenvalue weighted by Crippen LogP contribution is 2.53. The summed E-state index contributed by atoms with van der Waals surface area (Å²) >= 11 is 0. The molecule has 18 heteroatoms. The van der Waals surface area contributed by atoms with Crippen LogP contribution in [0.4, 0.5) is 5.95 Å². The standard InChI is InChI=1S/C50H68N7O9PSi/c1-32(2)45(58)54-48-53-44-41(46(59)55-48)52-31-56(44)47-43(65-67(63-29-17-28-51)57(33(3)4)34(5)6)42(66-68(12,13)49(7,8)9)40(64-47)30-62-50(35-18-15-14-16-19-35,36-20-24-38(60-10)25-21-36)37-22-26-39(61-11)27-23-37/h14-16,18-27,31-34,40,42-43,47H,17,29-30H2,1-13H3,(H2,53,54,55,58,59)/t40-,42?,43?,47-,67?/m1/s1. The number of anilines is 1. The summed E-state index contributed by atoms with van der Waals surface area (Å²) in [6, 6.07) is 27.8. The van der Waals surface area contributed by atoms with Crippen molar-refractivity contribution in [2.75, 3.05) is 32.8 Å². The molecule has 3 aromatic carbocycles. The highest BCUT2D eigenvalue weighted by atomic mass is 31.2. The van der Waals surface area contributed by atoms with Crippen molar-refractivity contribution in [3.8, 4) is 17.6 Å². The molecule has 0 radical (unpaired) electrons. The van der Waals surface area contributed by atoms with Crippen molar-refractivity contribution in [1.82, 2.24) is 24.2 Å². The van der Waals surface area contributed by atoms with Crippen molar-refractivity contribution in [2.45, 2.75) is 129 Å². The van der Waals surface area contributed by atoms with Gasteiger partial charge in [-0.2, -0.15) is 10.2 Å². The van der Waals surface area contributed by atoms with Gasteiger partial charge in [0.2, 0.25) is 11.9 Å². The van der Waals surface area contributed by atoms with E-state index in [9.17, 15) is 14.9 Å². The fourth-order valence-electron chi connectivity index (χ4n) is 7.95. The van der Waals surface area contributed by atoms with Crippen LogP contribution in [0.25, 0.3) is 11.2 Å². The first-order chi connectivity index (χ1) is 32.3. The molecule has 1 aliphatic rings. The first-order valence-electron chi connectivity index (χ1n) is 23.1. The van der Waals surface area contributed by atoms with Crippen LogP contribution >= 0.6 is 8.53 Å². The summed E-state index contributed by atoms with van der Waals surface area (Å²) < 4.78 is 51.2. The lowest BCUT2D eigenvalue weighted by Crippen LogP contribution is -2.51. The second-order valence-electron chi connectivity index (χ2n) is 19.2. The number of carbonyl (C=O) groups excluding carboxylic acids is 1. The van der Waals surface area contributed by atoms with Crippen molar-refractivity contribution < 1.29 is 37.2 Å². The van der Waals surface area contributed by atoms with Gasteiger partial charge in [0.15, 0.2) is 25.7 Å². The summed E-state index contributed by atoms with van der Waals surface area (Å²) in [5, 5.41) is 12.1. The Labute approximate surface area is 402 Å². The largest absolute Gasteiger partial charge is 0.497 e. The van der Waals surface area contributed by atoms with Gasteiger partial charge in [0, 0.05) is 18.0 Å². The number of benzene rings is 3. The van der Waals surface area contributed by atoms with E-state index >= 15 is 0 Å². The van der Waals surface area contributed by atoms with Gasteiger partial charge in [0.05, 0.1) is 46.3 Å².